The van der Waals surface area contributed by atoms with Crippen LogP contribution in [0.15, 0.2) is 42.9 Å². The number of nitrogens with zero attached hydrogens (tertiary/aromatic N) is 1. The lowest BCUT2D eigenvalue weighted by Gasteiger charge is -2.21. The van der Waals surface area contributed by atoms with E-state index in [-0.39, 0.29) is 19.3 Å². The third-order valence-corrected chi connectivity index (χ3v) is 5.25. The van der Waals surface area contributed by atoms with Crippen LogP contribution < -0.4 is 27.4 Å². The monoisotopic (exact) mass is 487 g/mol. The van der Waals surface area contributed by atoms with E-state index in [1.807, 2.05) is 30.3 Å². The van der Waals surface area contributed by atoms with Crippen LogP contribution in [0.1, 0.15) is 30.5 Å². The van der Waals surface area contributed by atoms with E-state index in [0.29, 0.717) is 25.1 Å². The summed E-state index contributed by atoms with van der Waals surface area (Å²) >= 11 is 0. The van der Waals surface area contributed by atoms with Gasteiger partial charge in [-0.15, -0.1) is 0 Å². The van der Waals surface area contributed by atoms with Gasteiger partial charge in [0.15, 0.2) is 0 Å². The van der Waals surface area contributed by atoms with E-state index in [4.69, 9.17) is 11.5 Å². The standard InChI is InChI=1S/C23H33N7O5/c24-9-5-4-8-18(23(34)35)29-20(31)13-27-22(33)19(11-16-12-26-14-28-16)30-21(32)17(25)10-15-6-2-1-3-7-15/h1-3,6-7,12,14,17-19H,4-5,8-11,13,24-25H2,(H,26,28)(H,27,33)(H,29,31)(H,30,32)(H,34,35). The number of nitrogens with one attached hydrogen (secondary N) is 4. The summed E-state index contributed by atoms with van der Waals surface area (Å²) in [5.41, 5.74) is 12.9. The second-order valence-corrected chi connectivity index (χ2v) is 8.10. The minimum absolute atomic E-state index is 0.0914. The Labute approximate surface area is 203 Å². The maximum atomic E-state index is 12.8. The molecule has 0 aliphatic carbocycles. The van der Waals surface area contributed by atoms with Crippen molar-refractivity contribution in [2.45, 2.75) is 50.2 Å². The molecule has 9 N–H and O–H groups in total. The van der Waals surface area contributed by atoms with Crippen molar-refractivity contribution in [1.82, 2.24) is 25.9 Å². The fourth-order valence-corrected chi connectivity index (χ4v) is 3.35. The van der Waals surface area contributed by atoms with Gasteiger partial charge in [0, 0.05) is 18.3 Å². The Morgan fingerprint density at radius 2 is 1.74 bits per heavy atom. The molecule has 3 amide bonds. The van der Waals surface area contributed by atoms with Crippen LogP contribution in [0.3, 0.4) is 0 Å². The maximum Gasteiger partial charge on any atom is 0.326 e. The molecular formula is C23H33N7O5. The Kier molecular flexibility index (Phi) is 11.4. The summed E-state index contributed by atoms with van der Waals surface area (Å²) < 4.78 is 0. The molecule has 12 heteroatoms. The van der Waals surface area contributed by atoms with Crippen molar-refractivity contribution in [2.75, 3.05) is 13.1 Å². The molecule has 190 valence electrons. The van der Waals surface area contributed by atoms with Crippen molar-refractivity contribution in [3.8, 4) is 0 Å². The molecule has 12 nitrogen and oxygen atoms in total. The quantitative estimate of drug-likeness (QED) is 0.152. The number of hydrogen-bond acceptors (Lipinski definition) is 7. The number of carboxylic acids is 1. The fraction of sp³-hybridized carbons (Fsp3) is 0.435. The summed E-state index contributed by atoms with van der Waals surface area (Å²) in [7, 11) is 0. The van der Waals surface area contributed by atoms with Gasteiger partial charge in [-0.25, -0.2) is 9.78 Å². The van der Waals surface area contributed by atoms with Crippen LogP contribution >= 0.6 is 0 Å². The maximum absolute atomic E-state index is 12.8. The van der Waals surface area contributed by atoms with E-state index in [1.165, 1.54) is 12.5 Å². The summed E-state index contributed by atoms with van der Waals surface area (Å²) in [4.78, 5) is 55.9. The van der Waals surface area contributed by atoms with Crippen LogP contribution in [0.5, 0.6) is 0 Å². The normalized spacial score (nSPS) is 13.3. The first-order valence-corrected chi connectivity index (χ1v) is 11.4. The van der Waals surface area contributed by atoms with E-state index < -0.39 is 48.4 Å². The molecule has 0 radical (unpaired) electrons. The molecule has 0 bridgehead atoms. The van der Waals surface area contributed by atoms with Gasteiger partial charge in [0.25, 0.3) is 0 Å². The molecule has 0 fully saturated rings. The Morgan fingerprint density at radius 3 is 2.37 bits per heavy atom. The number of aliphatic carboxylic acids is 1. The molecule has 0 saturated heterocycles. The molecule has 1 aromatic carbocycles. The number of carbonyl (C=O) groups excluding carboxylic acids is 3. The number of nitrogens with two attached hydrogens (primary N) is 2. The van der Waals surface area contributed by atoms with Crippen LogP contribution in [-0.2, 0) is 32.0 Å². The number of hydrogen-bond donors (Lipinski definition) is 7. The van der Waals surface area contributed by atoms with Crippen molar-refractivity contribution in [1.29, 1.82) is 0 Å². The summed E-state index contributed by atoms with van der Waals surface area (Å²) in [6.07, 6.45) is 4.74. The minimum atomic E-state index is -1.17. The van der Waals surface area contributed by atoms with Crippen LogP contribution in [0, 0.1) is 0 Å². The van der Waals surface area contributed by atoms with Gasteiger partial charge in [-0.3, -0.25) is 14.4 Å². The number of benzene rings is 1. The van der Waals surface area contributed by atoms with Crippen molar-refractivity contribution in [3.63, 3.8) is 0 Å². The first-order valence-electron chi connectivity index (χ1n) is 11.4. The Hall–Kier alpha value is -3.77. The largest absolute Gasteiger partial charge is 0.480 e. The molecule has 0 aliphatic rings. The highest BCUT2D eigenvalue weighted by molar-refractivity contribution is 5.92. The van der Waals surface area contributed by atoms with Crippen molar-refractivity contribution in [3.05, 3.63) is 54.1 Å². The first-order chi connectivity index (χ1) is 16.8. The van der Waals surface area contributed by atoms with Gasteiger partial charge in [-0.2, -0.15) is 0 Å². The lowest BCUT2D eigenvalue weighted by Crippen LogP contribution is -2.54. The molecule has 35 heavy (non-hydrogen) atoms. The predicted octanol–water partition coefficient (Wildman–Crippen LogP) is -1.18. The molecule has 0 spiro atoms. The number of aromatic amines is 1. The van der Waals surface area contributed by atoms with Gasteiger partial charge in [-0.1, -0.05) is 30.3 Å². The highest BCUT2D eigenvalue weighted by Crippen LogP contribution is 2.04. The average molecular weight is 488 g/mol. The summed E-state index contributed by atoms with van der Waals surface area (Å²) in [6.45, 7) is -0.0281. The summed E-state index contributed by atoms with van der Waals surface area (Å²) in [5, 5.41) is 16.7. The van der Waals surface area contributed by atoms with E-state index in [9.17, 15) is 24.3 Å². The summed E-state index contributed by atoms with van der Waals surface area (Å²) in [6, 6.07) is 6.23. The zero-order valence-electron chi connectivity index (χ0n) is 19.4. The Morgan fingerprint density at radius 1 is 1.00 bits per heavy atom. The number of carbonyl (C=O) groups is 4. The van der Waals surface area contributed by atoms with Crippen LogP contribution in [0.25, 0.3) is 0 Å². The van der Waals surface area contributed by atoms with Crippen LogP contribution in [0.2, 0.25) is 0 Å². The highest BCUT2D eigenvalue weighted by Gasteiger charge is 2.26. The number of aromatic nitrogens is 2. The fourth-order valence-electron chi connectivity index (χ4n) is 3.35. The molecular weight excluding hydrogens is 454 g/mol. The lowest BCUT2D eigenvalue weighted by atomic mass is 10.0. The summed E-state index contributed by atoms with van der Waals surface area (Å²) in [5.74, 6) is -2.97. The van der Waals surface area contributed by atoms with E-state index in [1.54, 1.807) is 0 Å². The van der Waals surface area contributed by atoms with Gasteiger partial charge >= 0.3 is 5.97 Å². The Bertz CT molecular complexity index is 952. The van der Waals surface area contributed by atoms with Crippen molar-refractivity contribution in [2.24, 2.45) is 11.5 Å². The highest BCUT2D eigenvalue weighted by atomic mass is 16.4. The number of amides is 3. The number of imidazole rings is 1. The molecule has 0 aliphatic heterocycles. The molecule has 3 unspecified atom stereocenters. The van der Waals surface area contributed by atoms with Crippen molar-refractivity contribution >= 4 is 23.7 Å². The van der Waals surface area contributed by atoms with Crippen molar-refractivity contribution < 1.29 is 24.3 Å². The molecule has 2 aromatic rings. The van der Waals surface area contributed by atoms with Gasteiger partial charge in [0.1, 0.15) is 12.1 Å². The molecule has 1 heterocycles. The van der Waals surface area contributed by atoms with E-state index in [2.05, 4.69) is 25.9 Å². The molecule has 2 rings (SSSR count). The number of rotatable bonds is 15. The second-order valence-electron chi connectivity index (χ2n) is 8.10. The minimum Gasteiger partial charge on any atom is -0.480 e. The Balaban J connectivity index is 1.95. The third-order valence-electron chi connectivity index (χ3n) is 5.25. The van der Waals surface area contributed by atoms with Crippen LogP contribution in [0.4, 0.5) is 0 Å². The van der Waals surface area contributed by atoms with Gasteiger partial charge in [0.05, 0.1) is 18.9 Å². The molecule has 3 atom stereocenters. The van der Waals surface area contributed by atoms with Gasteiger partial charge in [0.2, 0.25) is 17.7 Å². The van der Waals surface area contributed by atoms with E-state index in [0.717, 1.165) is 5.56 Å². The average Bonchev–Trinajstić information content (AvgIpc) is 3.35. The zero-order valence-corrected chi connectivity index (χ0v) is 19.4. The second kappa shape index (κ2) is 14.5. The number of unbranched alkanes of at least 4 members (excludes halogenated alkanes) is 1. The first kappa shape index (κ1) is 27.5. The molecule has 1 aromatic heterocycles. The smallest absolute Gasteiger partial charge is 0.326 e. The lowest BCUT2D eigenvalue weighted by molar-refractivity contribution is -0.142. The predicted molar refractivity (Wildman–Crippen MR) is 128 cm³/mol. The number of H-pyrrole nitrogens is 1. The van der Waals surface area contributed by atoms with Crippen LogP contribution in [-0.4, -0.2) is 70.0 Å². The van der Waals surface area contributed by atoms with E-state index >= 15 is 0 Å². The van der Waals surface area contributed by atoms with Gasteiger partial charge < -0.3 is 37.5 Å². The van der Waals surface area contributed by atoms with Gasteiger partial charge in [-0.05, 0) is 37.8 Å². The topological polar surface area (TPSA) is 205 Å². The third kappa shape index (κ3) is 9.94. The molecule has 0 saturated carbocycles. The number of carboxylic acid groups (broad SMARTS) is 1. The zero-order chi connectivity index (χ0) is 25.6. The SMILES string of the molecule is NCCCCC(NC(=O)CNC(=O)C(Cc1cnc[nH]1)NC(=O)C(N)Cc1ccccc1)C(=O)O.